The van der Waals surface area contributed by atoms with Gasteiger partial charge in [-0.15, -0.1) is 0 Å². The van der Waals surface area contributed by atoms with E-state index in [0.29, 0.717) is 0 Å². The number of carbonyl (C=O) groups excluding carboxylic acids is 2. The largest absolute Gasteiger partial charge is 0.340 e. The first-order chi connectivity index (χ1) is 5.99. The van der Waals surface area contributed by atoms with E-state index in [1.807, 2.05) is 10.9 Å². The summed E-state index contributed by atoms with van der Waals surface area (Å²) in [5, 5.41) is 2.20. The lowest BCUT2D eigenvalue weighted by atomic mass is 10.1. The highest BCUT2D eigenvalue weighted by Gasteiger charge is 2.20. The maximum Gasteiger partial charge on any atom is 0.333 e. The third kappa shape index (κ3) is 4.29. The molecule has 5 nitrogen and oxygen atoms in total. The van der Waals surface area contributed by atoms with Gasteiger partial charge in [0.15, 0.2) is 6.17 Å². The van der Waals surface area contributed by atoms with Gasteiger partial charge in [0.25, 0.3) is 5.91 Å². The molecule has 0 saturated heterocycles. The Balaban J connectivity index is 3.81. The summed E-state index contributed by atoms with van der Waals surface area (Å²) in [6, 6.07) is -0.593. The molecule has 0 aliphatic rings. The lowest BCUT2D eigenvalue weighted by Crippen LogP contribution is -2.49. The van der Waals surface area contributed by atoms with Crippen LogP contribution in [0.5, 0.6) is 0 Å². The average Bonchev–Trinajstić information content (AvgIpc) is 2.11. The minimum absolute atomic E-state index is 0.411. The van der Waals surface area contributed by atoms with Crippen LogP contribution in [0.15, 0.2) is 0 Å². The molecule has 0 radical (unpaired) electrons. The van der Waals surface area contributed by atoms with E-state index in [1.165, 1.54) is 7.05 Å². The van der Waals surface area contributed by atoms with Crippen molar-refractivity contribution in [3.63, 3.8) is 0 Å². The maximum absolute atomic E-state index is 12.9. The van der Waals surface area contributed by atoms with Gasteiger partial charge in [0, 0.05) is 7.05 Å². The standard InChI is InChI=1S/C7H14FN3O2/c1-4(2)5(8)6(12)10-11-7(13)9-3/h4-5H,1-3H3,(H,10,12)(H2,9,11,13). The minimum atomic E-state index is -1.61. The third-order valence-corrected chi connectivity index (χ3v) is 1.36. The van der Waals surface area contributed by atoms with Gasteiger partial charge in [-0.2, -0.15) is 0 Å². The molecule has 0 saturated carbocycles. The van der Waals surface area contributed by atoms with Crippen molar-refractivity contribution in [2.45, 2.75) is 20.0 Å². The van der Waals surface area contributed by atoms with Crippen molar-refractivity contribution in [2.75, 3.05) is 7.05 Å². The molecule has 76 valence electrons. The summed E-state index contributed by atoms with van der Waals surface area (Å²) in [6.07, 6.45) is -1.61. The summed E-state index contributed by atoms with van der Waals surface area (Å²) >= 11 is 0. The summed E-state index contributed by atoms with van der Waals surface area (Å²) in [5.74, 6) is -1.26. The Labute approximate surface area is 76.0 Å². The summed E-state index contributed by atoms with van der Waals surface area (Å²) in [5.41, 5.74) is 3.92. The lowest BCUT2D eigenvalue weighted by molar-refractivity contribution is -0.128. The van der Waals surface area contributed by atoms with Gasteiger partial charge in [-0.1, -0.05) is 13.8 Å². The van der Waals surface area contributed by atoms with E-state index < -0.39 is 24.0 Å². The van der Waals surface area contributed by atoms with E-state index in [9.17, 15) is 14.0 Å². The van der Waals surface area contributed by atoms with E-state index in [-0.39, 0.29) is 0 Å². The molecule has 0 aromatic carbocycles. The maximum atomic E-state index is 12.9. The quantitative estimate of drug-likeness (QED) is 0.535. The van der Waals surface area contributed by atoms with Crippen molar-refractivity contribution in [2.24, 2.45) is 5.92 Å². The van der Waals surface area contributed by atoms with Gasteiger partial charge < -0.3 is 5.32 Å². The van der Waals surface area contributed by atoms with Crippen LogP contribution in [0.4, 0.5) is 9.18 Å². The van der Waals surface area contributed by atoms with Crippen molar-refractivity contribution in [3.05, 3.63) is 0 Å². The van der Waals surface area contributed by atoms with Crippen LogP contribution in [0.2, 0.25) is 0 Å². The van der Waals surface area contributed by atoms with E-state index in [1.54, 1.807) is 13.8 Å². The number of hydrazine groups is 1. The van der Waals surface area contributed by atoms with Gasteiger partial charge in [-0.05, 0) is 5.92 Å². The van der Waals surface area contributed by atoms with Crippen LogP contribution in [0.3, 0.4) is 0 Å². The number of alkyl halides is 1. The lowest BCUT2D eigenvalue weighted by Gasteiger charge is -2.12. The van der Waals surface area contributed by atoms with Crippen LogP contribution in [0, 0.1) is 5.92 Å². The normalized spacial score (nSPS) is 12.1. The first-order valence-electron chi connectivity index (χ1n) is 3.90. The first kappa shape index (κ1) is 11.7. The number of carbonyl (C=O) groups is 2. The molecule has 0 aliphatic carbocycles. The Morgan fingerprint density at radius 2 is 1.77 bits per heavy atom. The average molecular weight is 191 g/mol. The van der Waals surface area contributed by atoms with E-state index in [0.717, 1.165) is 0 Å². The first-order valence-corrected chi connectivity index (χ1v) is 3.90. The predicted molar refractivity (Wildman–Crippen MR) is 45.5 cm³/mol. The Kier molecular flexibility index (Phi) is 4.79. The van der Waals surface area contributed by atoms with Crippen molar-refractivity contribution < 1.29 is 14.0 Å². The number of hydrogen-bond donors (Lipinski definition) is 3. The highest BCUT2D eigenvalue weighted by molar-refractivity contribution is 5.83. The second-order valence-electron chi connectivity index (χ2n) is 2.84. The van der Waals surface area contributed by atoms with Crippen molar-refractivity contribution >= 4 is 11.9 Å². The highest BCUT2D eigenvalue weighted by atomic mass is 19.1. The zero-order chi connectivity index (χ0) is 10.4. The molecule has 1 unspecified atom stereocenters. The fraction of sp³-hybridized carbons (Fsp3) is 0.714. The fourth-order valence-electron chi connectivity index (χ4n) is 0.553. The van der Waals surface area contributed by atoms with Crippen molar-refractivity contribution in [3.8, 4) is 0 Å². The Bertz CT molecular complexity index is 196. The highest BCUT2D eigenvalue weighted by Crippen LogP contribution is 2.04. The molecule has 0 heterocycles. The van der Waals surface area contributed by atoms with Crippen LogP contribution >= 0.6 is 0 Å². The van der Waals surface area contributed by atoms with Crippen LogP contribution in [0.25, 0.3) is 0 Å². The second-order valence-corrected chi connectivity index (χ2v) is 2.84. The van der Waals surface area contributed by atoms with Gasteiger partial charge >= 0.3 is 6.03 Å². The summed E-state index contributed by atoms with van der Waals surface area (Å²) in [7, 11) is 1.39. The molecule has 0 aliphatic heterocycles. The molecule has 6 heteroatoms. The molecular weight excluding hydrogens is 177 g/mol. The number of nitrogens with one attached hydrogen (secondary N) is 3. The van der Waals surface area contributed by atoms with Crippen LogP contribution in [0.1, 0.15) is 13.8 Å². The van der Waals surface area contributed by atoms with Gasteiger partial charge in [-0.3, -0.25) is 10.2 Å². The van der Waals surface area contributed by atoms with Gasteiger partial charge in [0.05, 0.1) is 0 Å². The summed E-state index contributed by atoms with van der Waals surface area (Å²) in [4.78, 5) is 21.4. The van der Waals surface area contributed by atoms with Gasteiger partial charge in [0.1, 0.15) is 0 Å². The summed E-state index contributed by atoms with van der Waals surface area (Å²) in [6.45, 7) is 3.15. The number of halogens is 1. The van der Waals surface area contributed by atoms with E-state index >= 15 is 0 Å². The SMILES string of the molecule is CNC(=O)NNC(=O)C(F)C(C)C. The van der Waals surface area contributed by atoms with E-state index in [2.05, 4.69) is 5.32 Å². The van der Waals surface area contributed by atoms with Crippen LogP contribution in [-0.2, 0) is 4.79 Å². The molecule has 3 N–H and O–H groups in total. The van der Waals surface area contributed by atoms with Gasteiger partial charge in [-0.25, -0.2) is 14.6 Å². The van der Waals surface area contributed by atoms with Crippen molar-refractivity contribution in [1.82, 2.24) is 16.2 Å². The molecule has 0 rings (SSSR count). The molecule has 0 aromatic rings. The number of hydrogen-bond acceptors (Lipinski definition) is 2. The van der Waals surface area contributed by atoms with Crippen LogP contribution in [-0.4, -0.2) is 25.2 Å². The second kappa shape index (κ2) is 5.34. The zero-order valence-corrected chi connectivity index (χ0v) is 7.85. The Hall–Kier alpha value is -1.33. The fourth-order valence-corrected chi connectivity index (χ4v) is 0.553. The van der Waals surface area contributed by atoms with Crippen LogP contribution < -0.4 is 16.2 Å². The minimum Gasteiger partial charge on any atom is -0.340 e. The molecule has 0 aromatic heterocycles. The smallest absolute Gasteiger partial charge is 0.333 e. The number of urea groups is 1. The number of rotatable bonds is 2. The molecule has 0 bridgehead atoms. The molecule has 1 atom stereocenters. The van der Waals surface area contributed by atoms with Gasteiger partial charge in [0.2, 0.25) is 0 Å². The zero-order valence-electron chi connectivity index (χ0n) is 7.85. The monoisotopic (exact) mass is 191 g/mol. The molecule has 3 amide bonds. The third-order valence-electron chi connectivity index (χ3n) is 1.36. The topological polar surface area (TPSA) is 70.2 Å². The Morgan fingerprint density at radius 3 is 2.15 bits per heavy atom. The Morgan fingerprint density at radius 1 is 1.23 bits per heavy atom. The predicted octanol–water partition coefficient (Wildman–Crippen LogP) is -0.0593. The molecular formula is C7H14FN3O2. The molecule has 0 fully saturated rings. The molecule has 13 heavy (non-hydrogen) atoms. The summed E-state index contributed by atoms with van der Waals surface area (Å²) < 4.78 is 12.9. The number of amides is 3. The van der Waals surface area contributed by atoms with E-state index in [4.69, 9.17) is 0 Å². The molecule has 0 spiro atoms. The van der Waals surface area contributed by atoms with Crippen molar-refractivity contribution in [1.29, 1.82) is 0 Å².